The zero-order valence-electron chi connectivity index (χ0n) is 12.1. The lowest BCUT2D eigenvalue weighted by molar-refractivity contribution is 0.402. The molecule has 2 rings (SSSR count). The lowest BCUT2D eigenvalue weighted by atomic mass is 9.97. The number of rotatable bonds is 3. The predicted octanol–water partition coefficient (Wildman–Crippen LogP) is 4.06. The minimum atomic E-state index is 0.663. The second kappa shape index (κ2) is 6.83. The third-order valence-corrected chi connectivity index (χ3v) is 5.27. The van der Waals surface area contributed by atoms with Crippen LogP contribution in [0.15, 0.2) is 4.99 Å². The van der Waals surface area contributed by atoms with E-state index in [1.165, 1.54) is 43.7 Å². The van der Waals surface area contributed by atoms with Crippen LogP contribution in [0.25, 0.3) is 0 Å². The lowest BCUT2D eigenvalue weighted by Crippen LogP contribution is -2.37. The number of nitrogens with zero attached hydrogens (tertiary/aromatic N) is 1. The van der Waals surface area contributed by atoms with Crippen LogP contribution in [0.5, 0.6) is 0 Å². The van der Waals surface area contributed by atoms with Gasteiger partial charge < -0.3 is 5.32 Å². The quantitative estimate of drug-likeness (QED) is 0.781. The monoisotopic (exact) mass is 268 g/mol. The molecule has 1 N–H and O–H groups in total. The molecular weight excluding hydrogens is 240 g/mol. The first-order chi connectivity index (χ1) is 8.65. The molecule has 1 fully saturated rings. The van der Waals surface area contributed by atoms with Gasteiger partial charge in [-0.15, -0.1) is 0 Å². The number of hydrogen-bond donors (Lipinski definition) is 1. The van der Waals surface area contributed by atoms with E-state index in [9.17, 15) is 0 Å². The number of amidine groups is 1. The van der Waals surface area contributed by atoms with Gasteiger partial charge in [0, 0.05) is 11.3 Å². The number of aliphatic imine (C=N–C) groups is 1. The Morgan fingerprint density at radius 1 is 1.28 bits per heavy atom. The third kappa shape index (κ3) is 4.18. The summed E-state index contributed by atoms with van der Waals surface area (Å²) in [5, 5.41) is 5.66. The topological polar surface area (TPSA) is 24.4 Å². The fourth-order valence-corrected chi connectivity index (χ4v) is 4.33. The van der Waals surface area contributed by atoms with Crippen LogP contribution in [0, 0.1) is 11.8 Å². The van der Waals surface area contributed by atoms with Gasteiger partial charge in [-0.1, -0.05) is 51.8 Å². The van der Waals surface area contributed by atoms with Crippen molar-refractivity contribution >= 4 is 16.9 Å². The second-order valence-corrected chi connectivity index (χ2v) is 7.67. The maximum atomic E-state index is 4.70. The third-order valence-electron chi connectivity index (χ3n) is 4.12. The Balaban J connectivity index is 1.79. The summed E-state index contributed by atoms with van der Waals surface area (Å²) in [6, 6.07) is 0.663. The fourth-order valence-electron chi connectivity index (χ4n) is 3.01. The van der Waals surface area contributed by atoms with Crippen molar-refractivity contribution < 1.29 is 0 Å². The van der Waals surface area contributed by atoms with E-state index in [0.717, 1.165) is 18.4 Å². The van der Waals surface area contributed by atoms with E-state index >= 15 is 0 Å². The van der Waals surface area contributed by atoms with Crippen LogP contribution < -0.4 is 5.32 Å². The molecule has 0 spiro atoms. The van der Waals surface area contributed by atoms with Crippen molar-refractivity contribution in [2.75, 3.05) is 6.54 Å². The highest BCUT2D eigenvalue weighted by Crippen LogP contribution is 2.28. The highest BCUT2D eigenvalue weighted by molar-refractivity contribution is 8.14. The van der Waals surface area contributed by atoms with Crippen LogP contribution in [0.1, 0.15) is 59.3 Å². The Morgan fingerprint density at radius 3 is 2.83 bits per heavy atom. The summed E-state index contributed by atoms with van der Waals surface area (Å²) in [6.07, 6.45) is 8.21. The van der Waals surface area contributed by atoms with Gasteiger partial charge in [-0.3, -0.25) is 4.99 Å². The standard InChI is InChI=1S/C15H28N2S/c1-11(2)9-13-10-16-15(18-13)17-14-8-6-4-5-7-12(14)3/h11-14H,4-10H2,1-3H3,(H,16,17). The molecule has 2 aliphatic rings. The molecule has 3 atom stereocenters. The SMILES string of the molecule is CC(C)CC1CN=C(NC2CCCCCC2C)S1. The van der Waals surface area contributed by atoms with Crippen molar-refractivity contribution in [2.45, 2.75) is 70.6 Å². The van der Waals surface area contributed by atoms with E-state index in [1.807, 2.05) is 11.8 Å². The van der Waals surface area contributed by atoms with Gasteiger partial charge in [0.15, 0.2) is 5.17 Å². The summed E-state index contributed by atoms with van der Waals surface area (Å²) in [7, 11) is 0. The van der Waals surface area contributed by atoms with E-state index < -0.39 is 0 Å². The second-order valence-electron chi connectivity index (χ2n) is 6.38. The molecule has 104 valence electrons. The summed E-state index contributed by atoms with van der Waals surface area (Å²) < 4.78 is 0. The van der Waals surface area contributed by atoms with E-state index in [4.69, 9.17) is 4.99 Å². The van der Waals surface area contributed by atoms with Crippen molar-refractivity contribution in [3.63, 3.8) is 0 Å². The number of hydrogen-bond acceptors (Lipinski definition) is 3. The average molecular weight is 268 g/mol. The average Bonchev–Trinajstić information content (AvgIpc) is 2.63. The van der Waals surface area contributed by atoms with Crippen LogP contribution in [-0.4, -0.2) is 23.0 Å². The molecule has 2 nitrogen and oxygen atoms in total. The summed E-state index contributed by atoms with van der Waals surface area (Å²) in [4.78, 5) is 4.70. The minimum Gasteiger partial charge on any atom is -0.362 e. The van der Waals surface area contributed by atoms with Crippen molar-refractivity contribution in [3.8, 4) is 0 Å². The summed E-state index contributed by atoms with van der Waals surface area (Å²) in [5.74, 6) is 1.59. The van der Waals surface area contributed by atoms with Gasteiger partial charge in [-0.25, -0.2) is 0 Å². The maximum absolute atomic E-state index is 4.70. The van der Waals surface area contributed by atoms with Gasteiger partial charge >= 0.3 is 0 Å². The highest BCUT2D eigenvalue weighted by atomic mass is 32.2. The van der Waals surface area contributed by atoms with Crippen LogP contribution in [0.4, 0.5) is 0 Å². The summed E-state index contributed by atoms with van der Waals surface area (Å²) in [6.45, 7) is 8.03. The Hall–Kier alpha value is -0.180. The molecule has 0 aromatic rings. The van der Waals surface area contributed by atoms with Gasteiger partial charge in [0.05, 0.1) is 6.54 Å². The molecule has 1 saturated carbocycles. The Morgan fingerprint density at radius 2 is 2.06 bits per heavy atom. The normalized spacial score (nSPS) is 33.3. The molecule has 1 heterocycles. The van der Waals surface area contributed by atoms with Crippen LogP contribution in [0.3, 0.4) is 0 Å². The predicted molar refractivity (Wildman–Crippen MR) is 82.3 cm³/mol. The molecule has 1 aliphatic heterocycles. The molecule has 0 bridgehead atoms. The van der Waals surface area contributed by atoms with Crippen LogP contribution >= 0.6 is 11.8 Å². The van der Waals surface area contributed by atoms with Crippen molar-refractivity contribution in [2.24, 2.45) is 16.8 Å². The van der Waals surface area contributed by atoms with Crippen molar-refractivity contribution in [3.05, 3.63) is 0 Å². The summed E-state index contributed by atoms with van der Waals surface area (Å²) >= 11 is 1.98. The Bertz CT molecular complexity index is 288. The highest BCUT2D eigenvalue weighted by Gasteiger charge is 2.25. The Kier molecular flexibility index (Phi) is 5.40. The smallest absolute Gasteiger partial charge is 0.157 e. The van der Waals surface area contributed by atoms with E-state index in [2.05, 4.69) is 26.1 Å². The Labute approximate surface area is 116 Å². The molecule has 1 aliphatic carbocycles. The van der Waals surface area contributed by atoms with E-state index in [0.29, 0.717) is 11.3 Å². The van der Waals surface area contributed by atoms with Gasteiger partial charge in [0.1, 0.15) is 0 Å². The zero-order valence-corrected chi connectivity index (χ0v) is 12.9. The molecule has 0 radical (unpaired) electrons. The molecular formula is C15H28N2S. The largest absolute Gasteiger partial charge is 0.362 e. The van der Waals surface area contributed by atoms with Gasteiger partial charge in [0.2, 0.25) is 0 Å². The molecule has 0 amide bonds. The maximum Gasteiger partial charge on any atom is 0.157 e. The van der Waals surface area contributed by atoms with E-state index in [1.54, 1.807) is 0 Å². The molecule has 18 heavy (non-hydrogen) atoms. The molecule has 3 heteroatoms. The van der Waals surface area contributed by atoms with E-state index in [-0.39, 0.29) is 0 Å². The molecule has 0 aromatic carbocycles. The first-order valence-corrected chi connectivity index (χ1v) is 8.50. The minimum absolute atomic E-state index is 0.663. The fraction of sp³-hybridized carbons (Fsp3) is 0.933. The summed E-state index contributed by atoms with van der Waals surface area (Å²) in [5.41, 5.74) is 0. The molecule has 3 unspecified atom stereocenters. The van der Waals surface area contributed by atoms with Gasteiger partial charge in [-0.05, 0) is 31.1 Å². The van der Waals surface area contributed by atoms with Crippen molar-refractivity contribution in [1.29, 1.82) is 0 Å². The van der Waals surface area contributed by atoms with Crippen LogP contribution in [-0.2, 0) is 0 Å². The van der Waals surface area contributed by atoms with Gasteiger partial charge in [-0.2, -0.15) is 0 Å². The lowest BCUT2D eigenvalue weighted by Gasteiger charge is -2.23. The first-order valence-electron chi connectivity index (χ1n) is 7.62. The number of thioether (sulfide) groups is 1. The van der Waals surface area contributed by atoms with Crippen LogP contribution in [0.2, 0.25) is 0 Å². The van der Waals surface area contributed by atoms with Gasteiger partial charge in [0.25, 0.3) is 0 Å². The first kappa shape index (κ1) is 14.2. The van der Waals surface area contributed by atoms with Crippen molar-refractivity contribution in [1.82, 2.24) is 5.32 Å². The molecule has 0 aromatic heterocycles. The number of nitrogens with one attached hydrogen (secondary N) is 1. The zero-order chi connectivity index (χ0) is 13.0. The molecule has 0 saturated heterocycles.